The number of allylic oxidation sites excluding steroid dienone is 1. The fraction of sp³-hybridized carbons (Fsp3) is 0.273. The molecule has 1 aromatic rings. The Morgan fingerprint density at radius 1 is 1.19 bits per heavy atom. The Hall–Kier alpha value is -1.16. The molecule has 0 heterocycles. The molecule has 0 fully saturated rings. The van der Waals surface area contributed by atoms with E-state index in [0.29, 0.717) is 5.56 Å². The van der Waals surface area contributed by atoms with Gasteiger partial charge in [0.05, 0.1) is 0 Å². The summed E-state index contributed by atoms with van der Waals surface area (Å²) in [6.45, 7) is 0. The van der Waals surface area contributed by atoms with Crippen LogP contribution in [0.4, 0.5) is 18.9 Å². The quantitative estimate of drug-likeness (QED) is 0.769. The number of nitrogens with zero attached hydrogens (tertiary/aromatic N) is 1. The van der Waals surface area contributed by atoms with Gasteiger partial charge >= 0.3 is 6.18 Å². The molecule has 0 saturated heterocycles. The first-order valence-corrected chi connectivity index (χ1v) is 4.90. The molecule has 0 atom stereocenters. The van der Waals surface area contributed by atoms with Crippen molar-refractivity contribution in [1.82, 2.24) is 0 Å². The Kier molecular flexibility index (Phi) is 3.86. The molecule has 0 N–H and O–H groups in total. The highest BCUT2D eigenvalue weighted by atomic mass is 35.5. The van der Waals surface area contributed by atoms with Crippen LogP contribution in [-0.4, -0.2) is 20.3 Å². The fourth-order valence-corrected chi connectivity index (χ4v) is 1.22. The summed E-state index contributed by atoms with van der Waals surface area (Å²) in [4.78, 5) is 1.86. The van der Waals surface area contributed by atoms with Gasteiger partial charge in [0.25, 0.3) is 0 Å². The minimum Gasteiger partial charge on any atom is -0.378 e. The SMILES string of the molecule is CN(C)c1ccc(/C=C(\Cl)C(F)(F)F)cc1. The molecule has 88 valence electrons. The lowest BCUT2D eigenvalue weighted by molar-refractivity contribution is -0.0836. The van der Waals surface area contributed by atoms with Crippen molar-refractivity contribution in [3.8, 4) is 0 Å². The molecule has 0 unspecified atom stereocenters. The molecule has 0 aliphatic carbocycles. The number of hydrogen-bond acceptors (Lipinski definition) is 1. The third-order valence-corrected chi connectivity index (χ3v) is 2.30. The minimum atomic E-state index is -4.48. The van der Waals surface area contributed by atoms with Crippen molar-refractivity contribution < 1.29 is 13.2 Å². The summed E-state index contributed by atoms with van der Waals surface area (Å²) in [5.74, 6) is 0. The summed E-state index contributed by atoms with van der Waals surface area (Å²) in [5.41, 5.74) is 1.34. The second-order valence-electron chi connectivity index (χ2n) is 3.48. The summed E-state index contributed by atoms with van der Waals surface area (Å²) < 4.78 is 36.4. The molecule has 0 aliphatic heterocycles. The first-order chi connectivity index (χ1) is 7.30. The third-order valence-electron chi connectivity index (χ3n) is 1.97. The van der Waals surface area contributed by atoms with Crippen LogP contribution in [0.15, 0.2) is 29.3 Å². The van der Waals surface area contributed by atoms with Crippen LogP contribution in [0, 0.1) is 0 Å². The largest absolute Gasteiger partial charge is 0.426 e. The standard InChI is InChI=1S/C11H11ClF3N/c1-16(2)9-5-3-8(4-6-9)7-10(12)11(13,14)15/h3-7H,1-2H3/b10-7-. The first kappa shape index (κ1) is 12.9. The van der Waals surface area contributed by atoms with Gasteiger partial charge in [0.15, 0.2) is 0 Å². The van der Waals surface area contributed by atoms with Gasteiger partial charge in [-0.3, -0.25) is 0 Å². The van der Waals surface area contributed by atoms with Gasteiger partial charge in [-0.2, -0.15) is 13.2 Å². The predicted molar refractivity (Wildman–Crippen MR) is 60.7 cm³/mol. The number of halogens is 4. The second-order valence-corrected chi connectivity index (χ2v) is 3.88. The molecule has 1 nitrogen and oxygen atoms in total. The first-order valence-electron chi connectivity index (χ1n) is 4.52. The summed E-state index contributed by atoms with van der Waals surface area (Å²) in [6.07, 6.45) is -3.58. The number of alkyl halides is 3. The second kappa shape index (κ2) is 4.78. The van der Waals surface area contributed by atoms with Crippen molar-refractivity contribution in [2.75, 3.05) is 19.0 Å². The normalized spacial score (nSPS) is 12.8. The van der Waals surface area contributed by atoms with E-state index in [1.54, 1.807) is 24.3 Å². The molecule has 0 amide bonds. The topological polar surface area (TPSA) is 3.24 Å². The maximum atomic E-state index is 12.1. The Labute approximate surface area is 97.1 Å². The van der Waals surface area contributed by atoms with Crippen molar-refractivity contribution >= 4 is 23.4 Å². The Morgan fingerprint density at radius 2 is 1.69 bits per heavy atom. The zero-order valence-corrected chi connectivity index (χ0v) is 9.60. The van der Waals surface area contributed by atoms with E-state index in [9.17, 15) is 13.2 Å². The van der Waals surface area contributed by atoms with Crippen LogP contribution in [0.2, 0.25) is 0 Å². The molecule has 16 heavy (non-hydrogen) atoms. The molecule has 0 aliphatic rings. The fourth-order valence-electron chi connectivity index (χ4n) is 1.10. The molecule has 1 aromatic carbocycles. The lowest BCUT2D eigenvalue weighted by Gasteiger charge is -2.12. The van der Waals surface area contributed by atoms with Crippen molar-refractivity contribution in [1.29, 1.82) is 0 Å². The van der Waals surface area contributed by atoms with Crippen LogP contribution >= 0.6 is 11.6 Å². The molecule has 5 heteroatoms. The van der Waals surface area contributed by atoms with Crippen molar-refractivity contribution in [3.05, 3.63) is 34.9 Å². The molecule has 0 aromatic heterocycles. The number of hydrogen-bond donors (Lipinski definition) is 0. The van der Waals surface area contributed by atoms with Gasteiger partial charge in [-0.25, -0.2) is 0 Å². The van der Waals surface area contributed by atoms with Gasteiger partial charge in [0.1, 0.15) is 5.03 Å². The Morgan fingerprint density at radius 3 is 2.06 bits per heavy atom. The van der Waals surface area contributed by atoms with E-state index in [0.717, 1.165) is 11.8 Å². The van der Waals surface area contributed by atoms with Crippen molar-refractivity contribution in [2.45, 2.75) is 6.18 Å². The summed E-state index contributed by atoms with van der Waals surface area (Å²) in [5, 5.41) is -1.12. The third kappa shape index (κ3) is 3.45. The smallest absolute Gasteiger partial charge is 0.378 e. The number of rotatable bonds is 2. The van der Waals surface area contributed by atoms with E-state index in [4.69, 9.17) is 11.6 Å². The average Bonchev–Trinajstić information content (AvgIpc) is 2.17. The summed E-state index contributed by atoms with van der Waals surface area (Å²) in [7, 11) is 3.71. The minimum absolute atomic E-state index is 0.424. The van der Waals surface area contributed by atoms with E-state index in [2.05, 4.69) is 0 Å². The zero-order chi connectivity index (χ0) is 12.3. The molecule has 1 rings (SSSR count). The van der Waals surface area contributed by atoms with Gasteiger partial charge in [0.2, 0.25) is 0 Å². The summed E-state index contributed by atoms with van der Waals surface area (Å²) in [6, 6.07) is 6.63. The Bertz CT molecular complexity index is 379. The molecule has 0 spiro atoms. The van der Waals surface area contributed by atoms with E-state index < -0.39 is 11.2 Å². The maximum Gasteiger partial charge on any atom is 0.426 e. The van der Waals surface area contributed by atoms with Crippen molar-refractivity contribution in [3.63, 3.8) is 0 Å². The van der Waals surface area contributed by atoms with Gasteiger partial charge in [0, 0.05) is 19.8 Å². The van der Waals surface area contributed by atoms with Gasteiger partial charge in [-0.1, -0.05) is 23.7 Å². The van der Waals surface area contributed by atoms with Crippen LogP contribution in [0.5, 0.6) is 0 Å². The highest BCUT2D eigenvalue weighted by Gasteiger charge is 2.32. The lowest BCUT2D eigenvalue weighted by atomic mass is 10.2. The Balaban J connectivity index is 2.92. The molecular weight excluding hydrogens is 239 g/mol. The molecule has 0 saturated carbocycles. The maximum absolute atomic E-state index is 12.1. The predicted octanol–water partition coefficient (Wildman–Crippen LogP) is 3.89. The van der Waals surface area contributed by atoms with Crippen LogP contribution in [0.1, 0.15) is 5.56 Å². The molecule has 0 radical (unpaired) electrons. The van der Waals surface area contributed by atoms with Gasteiger partial charge in [-0.15, -0.1) is 0 Å². The van der Waals surface area contributed by atoms with Gasteiger partial charge < -0.3 is 4.90 Å². The highest BCUT2D eigenvalue weighted by Crippen LogP contribution is 2.30. The van der Waals surface area contributed by atoms with Crippen LogP contribution < -0.4 is 4.90 Å². The summed E-state index contributed by atoms with van der Waals surface area (Å²) >= 11 is 5.12. The number of benzene rings is 1. The van der Waals surface area contributed by atoms with Crippen LogP contribution in [0.25, 0.3) is 6.08 Å². The van der Waals surface area contributed by atoms with Gasteiger partial charge in [-0.05, 0) is 23.8 Å². The molecular formula is C11H11ClF3N. The van der Waals surface area contributed by atoms with Crippen molar-refractivity contribution in [2.24, 2.45) is 0 Å². The van der Waals surface area contributed by atoms with Crippen LogP contribution in [0.3, 0.4) is 0 Å². The monoisotopic (exact) mass is 249 g/mol. The lowest BCUT2D eigenvalue weighted by Crippen LogP contribution is -2.08. The highest BCUT2D eigenvalue weighted by molar-refractivity contribution is 6.32. The molecule has 0 bridgehead atoms. The van der Waals surface area contributed by atoms with E-state index in [-0.39, 0.29) is 0 Å². The zero-order valence-electron chi connectivity index (χ0n) is 8.85. The van der Waals surface area contributed by atoms with E-state index in [1.807, 2.05) is 19.0 Å². The van der Waals surface area contributed by atoms with E-state index in [1.165, 1.54) is 0 Å². The average molecular weight is 250 g/mol. The van der Waals surface area contributed by atoms with Crippen LogP contribution in [-0.2, 0) is 0 Å². The number of anilines is 1. The van der Waals surface area contributed by atoms with E-state index >= 15 is 0 Å².